The minimum atomic E-state index is -0.286. The van der Waals surface area contributed by atoms with E-state index in [1.54, 1.807) is 42.6 Å². The van der Waals surface area contributed by atoms with Gasteiger partial charge in [0, 0.05) is 22.5 Å². The van der Waals surface area contributed by atoms with Gasteiger partial charge in [-0.25, -0.2) is 4.98 Å². The highest BCUT2D eigenvalue weighted by Gasteiger charge is 2.07. The zero-order valence-corrected chi connectivity index (χ0v) is 11.3. The summed E-state index contributed by atoms with van der Waals surface area (Å²) in [5, 5.41) is 3.35. The first kappa shape index (κ1) is 14.1. The second-order valence-corrected chi connectivity index (χ2v) is 4.34. The number of nitrogens with zero attached hydrogens (tertiary/aromatic N) is 1. The summed E-state index contributed by atoms with van der Waals surface area (Å²) in [5.74, 6) is 5.28. The average molecular weight is 286 g/mol. The van der Waals surface area contributed by atoms with Gasteiger partial charge in [-0.05, 0) is 36.4 Å². The Morgan fingerprint density at radius 3 is 2.60 bits per heavy atom. The third kappa shape index (κ3) is 3.82. The topological polar surface area (TPSA) is 68.0 Å². The number of hydrogen-bond acceptors (Lipinski definition) is 3. The average Bonchev–Trinajstić information content (AvgIpc) is 2.48. The summed E-state index contributed by atoms with van der Waals surface area (Å²) in [5.41, 5.74) is 6.98. The SMILES string of the molecule is NCC#Cc1ccc(C(=O)Nc2ccc(Cl)cc2)nc1. The summed E-state index contributed by atoms with van der Waals surface area (Å²) in [7, 11) is 0. The number of benzene rings is 1. The number of nitrogens with two attached hydrogens (primary N) is 1. The van der Waals surface area contributed by atoms with Gasteiger partial charge in [-0.2, -0.15) is 0 Å². The first-order valence-corrected chi connectivity index (χ1v) is 6.29. The highest BCUT2D eigenvalue weighted by atomic mass is 35.5. The number of anilines is 1. The number of aromatic nitrogens is 1. The molecule has 0 aliphatic rings. The van der Waals surface area contributed by atoms with Gasteiger partial charge in [-0.3, -0.25) is 4.79 Å². The van der Waals surface area contributed by atoms with Gasteiger partial charge < -0.3 is 11.1 Å². The van der Waals surface area contributed by atoms with Gasteiger partial charge in [0.15, 0.2) is 0 Å². The van der Waals surface area contributed by atoms with Crippen molar-refractivity contribution in [1.29, 1.82) is 0 Å². The van der Waals surface area contributed by atoms with Crippen LogP contribution in [0.4, 0.5) is 5.69 Å². The van der Waals surface area contributed by atoms with E-state index in [9.17, 15) is 4.79 Å². The number of nitrogens with one attached hydrogen (secondary N) is 1. The van der Waals surface area contributed by atoms with Gasteiger partial charge >= 0.3 is 0 Å². The molecule has 1 heterocycles. The molecule has 1 aromatic carbocycles. The van der Waals surface area contributed by atoms with Crippen molar-refractivity contribution in [2.24, 2.45) is 5.73 Å². The number of hydrogen-bond donors (Lipinski definition) is 2. The van der Waals surface area contributed by atoms with Crippen LogP contribution in [0.25, 0.3) is 0 Å². The fourth-order valence-corrected chi connectivity index (χ4v) is 1.61. The van der Waals surface area contributed by atoms with Crippen molar-refractivity contribution >= 4 is 23.2 Å². The maximum absolute atomic E-state index is 12.0. The Labute approximate surface area is 122 Å². The molecule has 1 aromatic heterocycles. The zero-order chi connectivity index (χ0) is 14.4. The molecule has 0 unspecified atom stereocenters. The standard InChI is InChI=1S/C15H12ClN3O/c16-12-4-6-13(7-5-12)19-15(20)14-8-3-11(10-18-14)2-1-9-17/h3-8,10H,9,17H2,(H,19,20). The van der Waals surface area contributed by atoms with E-state index in [1.165, 1.54) is 0 Å². The lowest BCUT2D eigenvalue weighted by molar-refractivity contribution is 0.102. The quantitative estimate of drug-likeness (QED) is 0.832. The summed E-state index contributed by atoms with van der Waals surface area (Å²) in [4.78, 5) is 16.0. The lowest BCUT2D eigenvalue weighted by Crippen LogP contribution is -2.13. The van der Waals surface area contributed by atoms with Crippen LogP contribution < -0.4 is 11.1 Å². The van der Waals surface area contributed by atoms with E-state index in [2.05, 4.69) is 22.1 Å². The van der Waals surface area contributed by atoms with Crippen molar-refractivity contribution in [3.63, 3.8) is 0 Å². The Bertz CT molecular complexity index is 654. The van der Waals surface area contributed by atoms with Crippen LogP contribution in [-0.2, 0) is 0 Å². The molecular weight excluding hydrogens is 274 g/mol. The summed E-state index contributed by atoms with van der Waals surface area (Å²) in [6.45, 7) is 0.290. The number of pyridine rings is 1. The number of carbonyl (C=O) groups is 1. The van der Waals surface area contributed by atoms with Crippen LogP contribution in [0.5, 0.6) is 0 Å². The predicted octanol–water partition coefficient (Wildman–Crippen LogP) is 2.30. The van der Waals surface area contributed by atoms with Crippen molar-refractivity contribution < 1.29 is 4.79 Å². The molecule has 4 nitrogen and oxygen atoms in total. The van der Waals surface area contributed by atoms with E-state index in [0.717, 1.165) is 5.56 Å². The van der Waals surface area contributed by atoms with Crippen LogP contribution in [0.15, 0.2) is 42.6 Å². The van der Waals surface area contributed by atoms with E-state index in [-0.39, 0.29) is 5.91 Å². The number of rotatable bonds is 2. The summed E-state index contributed by atoms with van der Waals surface area (Å²) in [6, 6.07) is 10.2. The Balaban J connectivity index is 2.07. The third-order valence-electron chi connectivity index (χ3n) is 2.43. The van der Waals surface area contributed by atoms with Crippen LogP contribution >= 0.6 is 11.6 Å². The Morgan fingerprint density at radius 1 is 1.25 bits per heavy atom. The zero-order valence-electron chi connectivity index (χ0n) is 10.6. The summed E-state index contributed by atoms with van der Waals surface area (Å²) >= 11 is 5.78. The van der Waals surface area contributed by atoms with Crippen molar-refractivity contribution in [1.82, 2.24) is 4.98 Å². The highest BCUT2D eigenvalue weighted by molar-refractivity contribution is 6.30. The molecule has 2 rings (SSSR count). The molecule has 1 amide bonds. The molecule has 0 spiro atoms. The molecule has 3 N–H and O–H groups in total. The normalized spacial score (nSPS) is 9.50. The second kappa shape index (κ2) is 6.71. The van der Waals surface area contributed by atoms with Crippen LogP contribution in [0.3, 0.4) is 0 Å². The first-order valence-electron chi connectivity index (χ1n) is 5.91. The fourth-order valence-electron chi connectivity index (χ4n) is 1.48. The van der Waals surface area contributed by atoms with E-state index in [4.69, 9.17) is 17.3 Å². The molecule has 20 heavy (non-hydrogen) atoms. The number of halogens is 1. The van der Waals surface area contributed by atoms with Gasteiger partial charge in [0.1, 0.15) is 5.69 Å². The van der Waals surface area contributed by atoms with Crippen LogP contribution in [0.2, 0.25) is 5.02 Å². The Kier molecular flexibility index (Phi) is 4.72. The van der Waals surface area contributed by atoms with Crippen LogP contribution in [-0.4, -0.2) is 17.4 Å². The van der Waals surface area contributed by atoms with Gasteiger partial charge in [0.25, 0.3) is 5.91 Å². The molecule has 0 aliphatic carbocycles. The largest absolute Gasteiger partial charge is 0.321 e. The van der Waals surface area contributed by atoms with E-state index in [1.807, 2.05) is 0 Å². The molecule has 0 saturated carbocycles. The Morgan fingerprint density at radius 2 is 2.00 bits per heavy atom. The minimum absolute atomic E-state index is 0.286. The van der Waals surface area contributed by atoms with Crippen molar-refractivity contribution in [3.05, 3.63) is 58.9 Å². The molecule has 0 bridgehead atoms. The number of amides is 1. The highest BCUT2D eigenvalue weighted by Crippen LogP contribution is 2.14. The smallest absolute Gasteiger partial charge is 0.274 e. The van der Waals surface area contributed by atoms with Crippen molar-refractivity contribution in [3.8, 4) is 11.8 Å². The molecule has 0 saturated heterocycles. The van der Waals surface area contributed by atoms with E-state index >= 15 is 0 Å². The van der Waals surface area contributed by atoms with Gasteiger partial charge in [0.2, 0.25) is 0 Å². The predicted molar refractivity (Wildman–Crippen MR) is 79.6 cm³/mol. The van der Waals surface area contributed by atoms with Gasteiger partial charge in [-0.1, -0.05) is 23.4 Å². The molecule has 2 aromatic rings. The molecule has 0 radical (unpaired) electrons. The maximum Gasteiger partial charge on any atom is 0.274 e. The van der Waals surface area contributed by atoms with Crippen molar-refractivity contribution in [2.45, 2.75) is 0 Å². The molecule has 0 atom stereocenters. The van der Waals surface area contributed by atoms with Crippen molar-refractivity contribution in [2.75, 3.05) is 11.9 Å². The summed E-state index contributed by atoms with van der Waals surface area (Å²) < 4.78 is 0. The first-order chi connectivity index (χ1) is 9.69. The molecular formula is C15H12ClN3O. The minimum Gasteiger partial charge on any atom is -0.321 e. The Hall–Kier alpha value is -2.35. The van der Waals surface area contributed by atoms with E-state index < -0.39 is 0 Å². The molecule has 5 heteroatoms. The van der Waals surface area contributed by atoms with Gasteiger partial charge in [0.05, 0.1) is 6.54 Å². The van der Waals surface area contributed by atoms with Gasteiger partial charge in [-0.15, -0.1) is 0 Å². The fraction of sp³-hybridized carbons (Fsp3) is 0.0667. The van der Waals surface area contributed by atoms with Crippen LogP contribution in [0.1, 0.15) is 16.1 Å². The molecule has 0 aliphatic heterocycles. The maximum atomic E-state index is 12.0. The molecule has 100 valence electrons. The molecule has 0 fully saturated rings. The monoisotopic (exact) mass is 285 g/mol. The lowest BCUT2D eigenvalue weighted by Gasteiger charge is -2.04. The van der Waals surface area contributed by atoms with E-state index in [0.29, 0.717) is 22.9 Å². The lowest BCUT2D eigenvalue weighted by atomic mass is 10.2. The summed E-state index contributed by atoms with van der Waals surface area (Å²) in [6.07, 6.45) is 1.54. The van der Waals surface area contributed by atoms with Crippen LogP contribution in [0, 0.1) is 11.8 Å². The number of carbonyl (C=O) groups excluding carboxylic acids is 1. The third-order valence-corrected chi connectivity index (χ3v) is 2.68. The second-order valence-electron chi connectivity index (χ2n) is 3.90.